The number of nitrogens with zero attached hydrogens (tertiary/aromatic N) is 2. The number of carbonyl (C=O) groups is 3. The van der Waals surface area contributed by atoms with Gasteiger partial charge in [-0.15, -0.1) is 0 Å². The molecule has 2 N–H and O–H groups in total. The summed E-state index contributed by atoms with van der Waals surface area (Å²) >= 11 is 0. The molecule has 9 nitrogen and oxygen atoms in total. The summed E-state index contributed by atoms with van der Waals surface area (Å²) in [4.78, 5) is 48.5. The Kier molecular flexibility index (Phi) is 3.61. The molecule has 2 amide bonds. The third-order valence-corrected chi connectivity index (χ3v) is 3.06. The van der Waals surface area contributed by atoms with Crippen molar-refractivity contribution in [1.29, 1.82) is 0 Å². The molecule has 9 heteroatoms. The predicted octanol–water partition coefficient (Wildman–Crippen LogP) is -0.547. The zero-order valence-electron chi connectivity index (χ0n) is 10.6. The number of Topliss-reactive ketones (excluding diaryl/α,β-unsaturated/α-hetero) is 1. The molecule has 106 valence electrons. The molecule has 1 saturated heterocycles. The highest BCUT2D eigenvalue weighted by atomic mass is 16.6. The number of H-pyrrole nitrogens is 1. The number of hydrogen-bond acceptors (Lipinski definition) is 6. The highest BCUT2D eigenvalue weighted by Gasteiger charge is 2.31. The maximum absolute atomic E-state index is 12.0. The molecular weight excluding hydrogens is 268 g/mol. The van der Waals surface area contributed by atoms with Gasteiger partial charge in [0, 0.05) is 6.07 Å². The number of amides is 2. The molecule has 1 atom stereocenters. The van der Waals surface area contributed by atoms with Crippen molar-refractivity contribution in [2.45, 2.75) is 13.0 Å². The minimum Gasteiger partial charge on any atom is -0.353 e. The molecule has 0 radical (unpaired) electrons. The Labute approximate surface area is 113 Å². The first-order valence-electron chi connectivity index (χ1n) is 5.82. The summed E-state index contributed by atoms with van der Waals surface area (Å²) in [6, 6.07) is 0.514. The van der Waals surface area contributed by atoms with Crippen molar-refractivity contribution in [2.24, 2.45) is 0 Å². The van der Waals surface area contributed by atoms with E-state index in [9.17, 15) is 24.5 Å². The molecule has 1 aliphatic heterocycles. The smallest absolute Gasteiger partial charge is 0.287 e. The van der Waals surface area contributed by atoms with E-state index in [1.807, 2.05) is 0 Å². The molecule has 1 fully saturated rings. The van der Waals surface area contributed by atoms with Crippen LogP contribution in [0.3, 0.4) is 0 Å². The number of nitro groups is 1. The summed E-state index contributed by atoms with van der Waals surface area (Å²) in [5, 5.41) is 12.7. The van der Waals surface area contributed by atoms with E-state index in [0.717, 1.165) is 12.3 Å². The van der Waals surface area contributed by atoms with Crippen molar-refractivity contribution in [3.8, 4) is 0 Å². The van der Waals surface area contributed by atoms with Crippen molar-refractivity contribution in [3.05, 3.63) is 28.1 Å². The van der Waals surface area contributed by atoms with Gasteiger partial charge >= 0.3 is 0 Å². The van der Waals surface area contributed by atoms with Gasteiger partial charge in [0.2, 0.25) is 11.8 Å². The molecular formula is C11H12N4O5. The van der Waals surface area contributed by atoms with E-state index in [0.29, 0.717) is 0 Å². The quantitative estimate of drug-likeness (QED) is 0.330. The number of carbonyl (C=O) groups excluding carboxylic acids is 3. The second kappa shape index (κ2) is 5.21. The molecule has 2 rings (SSSR count). The Morgan fingerprint density at radius 1 is 1.55 bits per heavy atom. The van der Waals surface area contributed by atoms with Crippen LogP contribution in [0, 0.1) is 10.1 Å². The van der Waals surface area contributed by atoms with E-state index in [1.165, 1.54) is 4.90 Å². The second-order valence-corrected chi connectivity index (χ2v) is 4.45. The normalized spacial score (nSPS) is 19.8. The molecule has 0 saturated carbocycles. The molecule has 1 aromatic rings. The number of nitrogens with one attached hydrogen (secondary N) is 2. The summed E-state index contributed by atoms with van der Waals surface area (Å²) in [5.74, 6) is -1.36. The summed E-state index contributed by atoms with van der Waals surface area (Å²) in [6.07, 6.45) is 1.12. The lowest BCUT2D eigenvalue weighted by Crippen LogP contribution is -2.57. The minimum absolute atomic E-state index is 0.0680. The number of hydrogen-bond donors (Lipinski definition) is 2. The first kappa shape index (κ1) is 13.9. The van der Waals surface area contributed by atoms with Gasteiger partial charge in [0.05, 0.1) is 35.9 Å². The third-order valence-electron chi connectivity index (χ3n) is 3.06. The van der Waals surface area contributed by atoms with Crippen molar-refractivity contribution >= 4 is 23.3 Å². The number of aromatic amines is 1. The van der Waals surface area contributed by atoms with Crippen LogP contribution in [-0.2, 0) is 9.59 Å². The van der Waals surface area contributed by atoms with Gasteiger partial charge in [-0.3, -0.25) is 34.7 Å². The lowest BCUT2D eigenvalue weighted by atomic mass is 10.1. The van der Waals surface area contributed by atoms with Crippen molar-refractivity contribution in [3.63, 3.8) is 0 Å². The Hall–Kier alpha value is -2.55. The molecule has 20 heavy (non-hydrogen) atoms. The number of piperazine rings is 1. The second-order valence-electron chi connectivity index (χ2n) is 4.45. The monoisotopic (exact) mass is 280 g/mol. The van der Waals surface area contributed by atoms with E-state index >= 15 is 0 Å². The van der Waals surface area contributed by atoms with Crippen LogP contribution < -0.4 is 5.32 Å². The van der Waals surface area contributed by atoms with E-state index in [4.69, 9.17) is 0 Å². The lowest BCUT2D eigenvalue weighted by Gasteiger charge is -2.30. The Balaban J connectivity index is 2.08. The van der Waals surface area contributed by atoms with E-state index in [-0.39, 0.29) is 24.5 Å². The van der Waals surface area contributed by atoms with Gasteiger partial charge < -0.3 is 4.98 Å². The average Bonchev–Trinajstić information content (AvgIpc) is 2.85. The summed E-state index contributed by atoms with van der Waals surface area (Å²) < 4.78 is 0. The first-order chi connectivity index (χ1) is 9.38. The maximum Gasteiger partial charge on any atom is 0.287 e. The average molecular weight is 280 g/mol. The highest BCUT2D eigenvalue weighted by Crippen LogP contribution is 2.14. The zero-order chi connectivity index (χ0) is 14.9. The summed E-state index contributed by atoms with van der Waals surface area (Å²) in [5.41, 5.74) is -0.142. The van der Waals surface area contributed by atoms with Crippen LogP contribution in [0.1, 0.15) is 17.4 Å². The summed E-state index contributed by atoms with van der Waals surface area (Å²) in [7, 11) is 0. The Morgan fingerprint density at radius 2 is 2.25 bits per heavy atom. The molecule has 0 spiro atoms. The van der Waals surface area contributed by atoms with Gasteiger partial charge in [0.15, 0.2) is 5.78 Å². The van der Waals surface area contributed by atoms with Crippen LogP contribution in [0.4, 0.5) is 5.69 Å². The van der Waals surface area contributed by atoms with Crippen LogP contribution in [0.25, 0.3) is 0 Å². The van der Waals surface area contributed by atoms with E-state index in [2.05, 4.69) is 10.3 Å². The van der Waals surface area contributed by atoms with E-state index in [1.54, 1.807) is 6.92 Å². The zero-order valence-corrected chi connectivity index (χ0v) is 10.6. The van der Waals surface area contributed by atoms with Crippen LogP contribution in [0.2, 0.25) is 0 Å². The number of rotatable bonds is 4. The Bertz CT molecular complexity index is 593. The minimum atomic E-state index is -0.617. The predicted molar refractivity (Wildman–Crippen MR) is 66.0 cm³/mol. The van der Waals surface area contributed by atoms with Crippen LogP contribution in [-0.4, -0.2) is 51.5 Å². The van der Waals surface area contributed by atoms with Crippen molar-refractivity contribution in [2.75, 3.05) is 13.1 Å². The Morgan fingerprint density at radius 3 is 2.85 bits per heavy atom. The first-order valence-corrected chi connectivity index (χ1v) is 5.82. The standard InChI is InChI=1S/C11H12N4O5/c1-6-11(18)13-10(17)5-14(6)4-9(16)8-2-7(3-12-8)15(19)20/h2-3,6,12H,4-5H2,1H3,(H,13,17,18). The third kappa shape index (κ3) is 2.72. The van der Waals surface area contributed by atoms with Gasteiger partial charge in [-0.1, -0.05) is 0 Å². The molecule has 1 aromatic heterocycles. The number of imide groups is 1. The van der Waals surface area contributed by atoms with Gasteiger partial charge in [-0.2, -0.15) is 0 Å². The van der Waals surface area contributed by atoms with Crippen LogP contribution >= 0.6 is 0 Å². The molecule has 2 heterocycles. The number of ketones is 1. The van der Waals surface area contributed by atoms with Crippen molar-refractivity contribution in [1.82, 2.24) is 15.2 Å². The van der Waals surface area contributed by atoms with E-state index < -0.39 is 28.6 Å². The molecule has 0 bridgehead atoms. The molecule has 1 aliphatic rings. The van der Waals surface area contributed by atoms with Gasteiger partial charge in [0.1, 0.15) is 0 Å². The fraction of sp³-hybridized carbons (Fsp3) is 0.364. The SMILES string of the molecule is CC1C(=O)NC(=O)CN1CC(=O)c1cc([N+](=O)[O-])c[nH]1. The molecule has 0 aliphatic carbocycles. The van der Waals surface area contributed by atoms with Gasteiger partial charge in [-0.05, 0) is 6.92 Å². The van der Waals surface area contributed by atoms with Crippen LogP contribution in [0.5, 0.6) is 0 Å². The topological polar surface area (TPSA) is 125 Å². The highest BCUT2D eigenvalue weighted by molar-refractivity contribution is 6.02. The lowest BCUT2D eigenvalue weighted by molar-refractivity contribution is -0.384. The molecule has 0 aromatic carbocycles. The largest absolute Gasteiger partial charge is 0.353 e. The fourth-order valence-electron chi connectivity index (χ4n) is 1.88. The van der Waals surface area contributed by atoms with Crippen LogP contribution in [0.15, 0.2) is 12.3 Å². The summed E-state index contributed by atoms with van der Waals surface area (Å²) in [6.45, 7) is 1.34. The maximum atomic E-state index is 12.0. The molecule has 1 unspecified atom stereocenters. The van der Waals surface area contributed by atoms with Gasteiger partial charge in [0.25, 0.3) is 5.69 Å². The van der Waals surface area contributed by atoms with Gasteiger partial charge in [-0.25, -0.2) is 0 Å². The number of aromatic nitrogens is 1. The fourth-order valence-corrected chi connectivity index (χ4v) is 1.88. The van der Waals surface area contributed by atoms with Crippen molar-refractivity contribution < 1.29 is 19.3 Å².